The molecule has 26 heavy (non-hydrogen) atoms. The van der Waals surface area contributed by atoms with Gasteiger partial charge in [0, 0.05) is 22.5 Å². The minimum atomic E-state index is -0.562. The molecular formula is C20H19ClN2O2S. The van der Waals surface area contributed by atoms with Gasteiger partial charge >= 0.3 is 0 Å². The first-order valence-electron chi connectivity index (χ1n) is 8.36. The minimum Gasteiger partial charge on any atom is -0.481 e. The van der Waals surface area contributed by atoms with E-state index in [1.165, 1.54) is 11.3 Å². The standard InChI is InChI=1S/C20H19ClN2O2S/c1-2-18(25-15-9-4-3-5-10-15)19(24)23-20-22-13-16(26-20)12-14-8-6-7-11-17(14)21/h3-11,13,18H,2,12H2,1H3,(H,22,23,24). The third-order valence-corrected chi connectivity index (χ3v) is 5.07. The van der Waals surface area contributed by atoms with Crippen molar-refractivity contribution in [1.82, 2.24) is 4.98 Å². The van der Waals surface area contributed by atoms with Gasteiger partial charge in [0.1, 0.15) is 5.75 Å². The van der Waals surface area contributed by atoms with Crippen LogP contribution < -0.4 is 10.1 Å². The first-order valence-corrected chi connectivity index (χ1v) is 9.56. The molecule has 0 bridgehead atoms. The van der Waals surface area contributed by atoms with Gasteiger partial charge in [-0.2, -0.15) is 0 Å². The van der Waals surface area contributed by atoms with E-state index >= 15 is 0 Å². The Morgan fingerprint density at radius 2 is 1.92 bits per heavy atom. The number of benzene rings is 2. The Kier molecular flexibility index (Phi) is 6.26. The minimum absolute atomic E-state index is 0.199. The van der Waals surface area contributed by atoms with E-state index in [-0.39, 0.29) is 5.91 Å². The van der Waals surface area contributed by atoms with Crippen LogP contribution >= 0.6 is 22.9 Å². The molecule has 3 aromatic rings. The quantitative estimate of drug-likeness (QED) is 0.608. The summed E-state index contributed by atoms with van der Waals surface area (Å²) in [5.74, 6) is 0.475. The maximum Gasteiger partial charge on any atom is 0.267 e. The molecule has 0 saturated carbocycles. The van der Waals surface area contributed by atoms with Crippen molar-refractivity contribution in [1.29, 1.82) is 0 Å². The van der Waals surface area contributed by atoms with Crippen LogP contribution in [0.15, 0.2) is 60.8 Å². The van der Waals surface area contributed by atoms with Crippen LogP contribution in [-0.2, 0) is 11.2 Å². The van der Waals surface area contributed by atoms with Crippen molar-refractivity contribution in [2.45, 2.75) is 25.9 Å². The highest BCUT2D eigenvalue weighted by Crippen LogP contribution is 2.25. The third kappa shape index (κ3) is 4.84. The van der Waals surface area contributed by atoms with E-state index in [0.29, 0.717) is 23.7 Å². The van der Waals surface area contributed by atoms with Crippen LogP contribution in [-0.4, -0.2) is 17.0 Å². The van der Waals surface area contributed by atoms with E-state index in [9.17, 15) is 4.79 Å². The molecule has 0 aliphatic carbocycles. The van der Waals surface area contributed by atoms with E-state index < -0.39 is 6.10 Å². The Morgan fingerprint density at radius 1 is 1.19 bits per heavy atom. The van der Waals surface area contributed by atoms with E-state index in [1.54, 1.807) is 6.20 Å². The molecule has 1 unspecified atom stereocenters. The molecule has 1 aromatic heterocycles. The molecule has 1 N–H and O–H groups in total. The highest BCUT2D eigenvalue weighted by molar-refractivity contribution is 7.15. The van der Waals surface area contributed by atoms with Crippen LogP contribution in [0.3, 0.4) is 0 Å². The largest absolute Gasteiger partial charge is 0.481 e. The molecule has 0 aliphatic rings. The van der Waals surface area contributed by atoms with Gasteiger partial charge in [0.2, 0.25) is 0 Å². The zero-order valence-electron chi connectivity index (χ0n) is 14.3. The lowest BCUT2D eigenvalue weighted by atomic mass is 10.1. The highest BCUT2D eigenvalue weighted by Gasteiger charge is 2.19. The second-order valence-corrected chi connectivity index (χ2v) is 7.24. The summed E-state index contributed by atoms with van der Waals surface area (Å²) in [6.45, 7) is 1.91. The summed E-state index contributed by atoms with van der Waals surface area (Å²) in [7, 11) is 0. The molecule has 0 fully saturated rings. The van der Waals surface area contributed by atoms with Gasteiger partial charge in [-0.25, -0.2) is 4.98 Å². The average molecular weight is 387 g/mol. The zero-order chi connectivity index (χ0) is 18.4. The van der Waals surface area contributed by atoms with E-state index in [4.69, 9.17) is 16.3 Å². The molecule has 0 aliphatic heterocycles. The summed E-state index contributed by atoms with van der Waals surface area (Å²) >= 11 is 7.64. The molecule has 6 heteroatoms. The molecule has 0 spiro atoms. The Bertz CT molecular complexity index is 867. The van der Waals surface area contributed by atoms with Gasteiger partial charge < -0.3 is 4.74 Å². The summed E-state index contributed by atoms with van der Waals surface area (Å²) in [6.07, 6.45) is 2.46. The maximum atomic E-state index is 12.5. The van der Waals surface area contributed by atoms with Gasteiger partial charge in [0.05, 0.1) is 0 Å². The van der Waals surface area contributed by atoms with Gasteiger partial charge in [-0.05, 0) is 30.2 Å². The Hall–Kier alpha value is -2.37. The number of hydrogen-bond acceptors (Lipinski definition) is 4. The number of anilines is 1. The molecule has 0 radical (unpaired) electrons. The zero-order valence-corrected chi connectivity index (χ0v) is 15.9. The van der Waals surface area contributed by atoms with Crippen molar-refractivity contribution in [3.63, 3.8) is 0 Å². The van der Waals surface area contributed by atoms with Crippen LogP contribution in [0.5, 0.6) is 5.75 Å². The van der Waals surface area contributed by atoms with Crippen LogP contribution in [0.4, 0.5) is 5.13 Å². The number of amides is 1. The Morgan fingerprint density at radius 3 is 2.65 bits per heavy atom. The third-order valence-electron chi connectivity index (χ3n) is 3.79. The molecule has 3 rings (SSSR count). The van der Waals surface area contributed by atoms with E-state index in [1.807, 2.05) is 61.5 Å². The van der Waals surface area contributed by atoms with Crippen LogP contribution in [0.1, 0.15) is 23.8 Å². The number of carbonyl (C=O) groups excluding carboxylic acids is 1. The van der Waals surface area contributed by atoms with Crippen molar-refractivity contribution in [2.24, 2.45) is 0 Å². The van der Waals surface area contributed by atoms with Gasteiger partial charge in [-0.1, -0.05) is 54.9 Å². The fourth-order valence-corrected chi connectivity index (χ4v) is 3.49. The molecule has 1 amide bonds. The van der Waals surface area contributed by atoms with Crippen LogP contribution in [0.2, 0.25) is 5.02 Å². The normalized spacial score (nSPS) is 11.8. The van der Waals surface area contributed by atoms with E-state index in [0.717, 1.165) is 15.5 Å². The predicted octanol–water partition coefficient (Wildman–Crippen LogP) is 5.18. The summed E-state index contributed by atoms with van der Waals surface area (Å²) < 4.78 is 5.76. The predicted molar refractivity (Wildman–Crippen MR) is 106 cm³/mol. The van der Waals surface area contributed by atoms with Crippen LogP contribution in [0, 0.1) is 0 Å². The number of rotatable bonds is 7. The Labute approximate surface area is 161 Å². The van der Waals surface area contributed by atoms with Crippen LogP contribution in [0.25, 0.3) is 0 Å². The first-order chi connectivity index (χ1) is 12.7. The van der Waals surface area contributed by atoms with Gasteiger partial charge in [-0.3, -0.25) is 10.1 Å². The van der Waals surface area contributed by atoms with Gasteiger partial charge in [0.15, 0.2) is 11.2 Å². The van der Waals surface area contributed by atoms with Crippen molar-refractivity contribution in [3.05, 3.63) is 76.3 Å². The molecule has 2 aromatic carbocycles. The number of thiazole rings is 1. The number of hydrogen-bond donors (Lipinski definition) is 1. The fraction of sp³-hybridized carbons (Fsp3) is 0.200. The number of halogens is 1. The molecule has 134 valence electrons. The SMILES string of the molecule is CCC(Oc1ccccc1)C(=O)Nc1ncc(Cc2ccccc2Cl)s1. The number of ether oxygens (including phenoxy) is 1. The average Bonchev–Trinajstić information content (AvgIpc) is 3.09. The summed E-state index contributed by atoms with van der Waals surface area (Å²) in [5, 5.41) is 4.14. The first kappa shape index (κ1) is 18.4. The van der Waals surface area contributed by atoms with Gasteiger partial charge in [0.25, 0.3) is 5.91 Å². The van der Waals surface area contributed by atoms with Crippen molar-refractivity contribution >= 4 is 34.0 Å². The van der Waals surface area contributed by atoms with Crippen molar-refractivity contribution < 1.29 is 9.53 Å². The van der Waals surface area contributed by atoms with Crippen molar-refractivity contribution in [3.8, 4) is 5.75 Å². The lowest BCUT2D eigenvalue weighted by Gasteiger charge is -2.16. The van der Waals surface area contributed by atoms with E-state index in [2.05, 4.69) is 10.3 Å². The lowest BCUT2D eigenvalue weighted by molar-refractivity contribution is -0.122. The number of para-hydroxylation sites is 1. The second kappa shape index (κ2) is 8.83. The van der Waals surface area contributed by atoms with Gasteiger partial charge in [-0.15, -0.1) is 11.3 Å². The molecule has 1 atom stereocenters. The monoisotopic (exact) mass is 386 g/mol. The Balaban J connectivity index is 1.62. The number of aromatic nitrogens is 1. The fourth-order valence-electron chi connectivity index (χ4n) is 2.45. The second-order valence-electron chi connectivity index (χ2n) is 5.72. The molecular weight excluding hydrogens is 368 g/mol. The number of nitrogens with one attached hydrogen (secondary N) is 1. The summed E-state index contributed by atoms with van der Waals surface area (Å²) in [5.41, 5.74) is 1.04. The molecule has 0 saturated heterocycles. The van der Waals surface area contributed by atoms with Crippen molar-refractivity contribution in [2.75, 3.05) is 5.32 Å². The molecule has 1 heterocycles. The number of carbonyl (C=O) groups is 1. The lowest BCUT2D eigenvalue weighted by Crippen LogP contribution is -2.32. The topological polar surface area (TPSA) is 51.2 Å². The number of nitrogens with zero attached hydrogens (tertiary/aromatic N) is 1. The summed E-state index contributed by atoms with van der Waals surface area (Å²) in [4.78, 5) is 17.8. The maximum absolute atomic E-state index is 12.5. The molecule has 4 nitrogen and oxygen atoms in total. The smallest absolute Gasteiger partial charge is 0.267 e. The highest BCUT2D eigenvalue weighted by atomic mass is 35.5. The summed E-state index contributed by atoms with van der Waals surface area (Å²) in [6, 6.07) is 17.0.